The summed E-state index contributed by atoms with van der Waals surface area (Å²) >= 11 is 0. The number of nitro groups is 1. The lowest BCUT2D eigenvalue weighted by molar-refractivity contribution is -0.385. The van der Waals surface area contributed by atoms with E-state index in [1.54, 1.807) is 6.92 Å². The molecule has 0 aliphatic heterocycles. The van der Waals surface area contributed by atoms with Crippen molar-refractivity contribution in [2.75, 3.05) is 17.7 Å². The first kappa shape index (κ1) is 14.6. The molecule has 1 unspecified atom stereocenters. The topological polar surface area (TPSA) is 133 Å². The van der Waals surface area contributed by atoms with Crippen LogP contribution >= 0.6 is 0 Å². The third-order valence-corrected chi connectivity index (χ3v) is 2.25. The number of carbonyl (C=O) groups excluding carboxylic acids is 1. The van der Waals surface area contributed by atoms with E-state index in [1.807, 2.05) is 0 Å². The van der Waals surface area contributed by atoms with E-state index < -0.39 is 16.9 Å². The molecule has 0 aliphatic carbocycles. The average molecular weight is 269 g/mol. The second-order valence-corrected chi connectivity index (χ2v) is 3.74. The molecule has 0 fully saturated rings. The van der Waals surface area contributed by atoms with Crippen LogP contribution in [0.3, 0.4) is 0 Å². The van der Waals surface area contributed by atoms with E-state index in [0.29, 0.717) is 0 Å². The fourth-order valence-electron chi connectivity index (χ4n) is 1.44. The summed E-state index contributed by atoms with van der Waals surface area (Å²) in [5, 5.41) is 13.6. The van der Waals surface area contributed by atoms with Gasteiger partial charge in [0.1, 0.15) is 11.7 Å². The van der Waals surface area contributed by atoms with Crippen molar-refractivity contribution in [1.29, 1.82) is 0 Å². The number of hydrogen-bond acceptors (Lipinski definition) is 8. The molecule has 0 bridgehead atoms. The van der Waals surface area contributed by atoms with Crippen molar-refractivity contribution < 1.29 is 14.5 Å². The Labute approximate surface area is 109 Å². The largest absolute Gasteiger partial charge is 0.464 e. The SMILES string of the molecule is CCOC(=O)C(C)Nc1nc(N)nc(C)c1[N+](=O)[O-]. The third-order valence-electron chi connectivity index (χ3n) is 2.25. The van der Waals surface area contributed by atoms with Crippen LogP contribution in [0.1, 0.15) is 19.5 Å². The standard InChI is InChI=1S/C10H15N5O4/c1-4-19-9(16)6(3)12-8-7(15(17)18)5(2)13-10(11)14-8/h6H,4H2,1-3H3,(H3,11,12,13,14). The zero-order valence-electron chi connectivity index (χ0n) is 10.8. The molecule has 0 aliphatic rings. The minimum Gasteiger partial charge on any atom is -0.464 e. The highest BCUT2D eigenvalue weighted by Gasteiger charge is 2.25. The van der Waals surface area contributed by atoms with Crippen LogP contribution in [0.15, 0.2) is 0 Å². The molecule has 0 aromatic carbocycles. The van der Waals surface area contributed by atoms with Gasteiger partial charge in [0.2, 0.25) is 11.8 Å². The van der Waals surface area contributed by atoms with E-state index >= 15 is 0 Å². The predicted molar refractivity (Wildman–Crippen MR) is 67.6 cm³/mol. The first-order chi connectivity index (χ1) is 8.86. The summed E-state index contributed by atoms with van der Waals surface area (Å²) in [4.78, 5) is 29.3. The molecule has 19 heavy (non-hydrogen) atoms. The monoisotopic (exact) mass is 269 g/mol. The Morgan fingerprint density at radius 2 is 2.21 bits per heavy atom. The Balaban J connectivity index is 3.06. The smallest absolute Gasteiger partial charge is 0.332 e. The van der Waals surface area contributed by atoms with Gasteiger partial charge in [0.05, 0.1) is 11.5 Å². The number of aryl methyl sites for hydroxylation is 1. The Hall–Kier alpha value is -2.45. The van der Waals surface area contributed by atoms with Crippen molar-refractivity contribution >= 4 is 23.4 Å². The molecule has 0 saturated carbocycles. The minimum absolute atomic E-state index is 0.101. The number of ether oxygens (including phenoxy) is 1. The molecule has 0 spiro atoms. The lowest BCUT2D eigenvalue weighted by Crippen LogP contribution is -2.29. The van der Waals surface area contributed by atoms with Crippen LogP contribution in [0.5, 0.6) is 0 Å². The predicted octanol–water partition coefficient (Wildman–Crippen LogP) is 0.639. The maximum atomic E-state index is 11.5. The van der Waals surface area contributed by atoms with Crippen molar-refractivity contribution in [3.05, 3.63) is 15.8 Å². The summed E-state index contributed by atoms with van der Waals surface area (Å²) in [7, 11) is 0. The summed E-state index contributed by atoms with van der Waals surface area (Å²) in [5.74, 6) is -0.746. The Morgan fingerprint density at radius 1 is 1.58 bits per heavy atom. The van der Waals surface area contributed by atoms with E-state index in [-0.39, 0.29) is 29.8 Å². The number of hydrogen-bond donors (Lipinski definition) is 2. The van der Waals surface area contributed by atoms with Crippen LogP contribution in [0.4, 0.5) is 17.5 Å². The Bertz CT molecular complexity index is 505. The summed E-state index contributed by atoms with van der Waals surface area (Å²) in [6.45, 7) is 4.84. The van der Waals surface area contributed by atoms with Gasteiger partial charge in [-0.25, -0.2) is 9.78 Å². The quantitative estimate of drug-likeness (QED) is 0.452. The highest BCUT2D eigenvalue weighted by atomic mass is 16.6. The second kappa shape index (κ2) is 5.94. The van der Waals surface area contributed by atoms with E-state index in [9.17, 15) is 14.9 Å². The van der Waals surface area contributed by atoms with Gasteiger partial charge in [-0.1, -0.05) is 0 Å². The number of nitrogens with two attached hydrogens (primary N) is 1. The summed E-state index contributed by atoms with van der Waals surface area (Å²) in [6, 6.07) is -0.785. The molecule has 9 heteroatoms. The molecular weight excluding hydrogens is 254 g/mol. The maximum absolute atomic E-state index is 11.5. The van der Waals surface area contributed by atoms with Crippen molar-refractivity contribution in [1.82, 2.24) is 9.97 Å². The molecular formula is C10H15N5O4. The van der Waals surface area contributed by atoms with E-state index in [4.69, 9.17) is 10.5 Å². The normalized spacial score (nSPS) is 11.7. The average Bonchev–Trinajstić information content (AvgIpc) is 2.27. The van der Waals surface area contributed by atoms with Gasteiger partial charge in [-0.3, -0.25) is 10.1 Å². The maximum Gasteiger partial charge on any atom is 0.332 e. The molecule has 0 saturated heterocycles. The highest BCUT2D eigenvalue weighted by Crippen LogP contribution is 2.26. The number of anilines is 2. The van der Waals surface area contributed by atoms with Crippen LogP contribution in [0.25, 0.3) is 0 Å². The van der Waals surface area contributed by atoms with Crippen molar-refractivity contribution in [3.8, 4) is 0 Å². The molecule has 0 radical (unpaired) electrons. The van der Waals surface area contributed by atoms with Crippen LogP contribution in [0, 0.1) is 17.0 Å². The van der Waals surface area contributed by atoms with E-state index in [0.717, 1.165) is 0 Å². The highest BCUT2D eigenvalue weighted by molar-refractivity contribution is 5.79. The zero-order valence-corrected chi connectivity index (χ0v) is 10.8. The fourth-order valence-corrected chi connectivity index (χ4v) is 1.44. The van der Waals surface area contributed by atoms with Crippen LogP contribution in [0.2, 0.25) is 0 Å². The molecule has 3 N–H and O–H groups in total. The number of esters is 1. The summed E-state index contributed by atoms with van der Waals surface area (Å²) in [6.07, 6.45) is 0. The number of rotatable bonds is 5. The van der Waals surface area contributed by atoms with Crippen LogP contribution < -0.4 is 11.1 Å². The van der Waals surface area contributed by atoms with E-state index in [2.05, 4.69) is 15.3 Å². The molecule has 104 valence electrons. The molecule has 1 aromatic heterocycles. The zero-order chi connectivity index (χ0) is 14.6. The third kappa shape index (κ3) is 3.50. The number of carbonyl (C=O) groups is 1. The lowest BCUT2D eigenvalue weighted by Gasteiger charge is -2.13. The molecule has 9 nitrogen and oxygen atoms in total. The molecule has 1 atom stereocenters. The van der Waals surface area contributed by atoms with Gasteiger partial charge in [0, 0.05) is 0 Å². The number of nitrogens with zero attached hydrogens (tertiary/aromatic N) is 3. The van der Waals surface area contributed by atoms with Crippen molar-refractivity contribution in [2.45, 2.75) is 26.8 Å². The van der Waals surface area contributed by atoms with Gasteiger partial charge in [-0.05, 0) is 20.8 Å². The Kier molecular flexibility index (Phi) is 4.56. The number of aromatic nitrogens is 2. The lowest BCUT2D eigenvalue weighted by atomic mass is 10.3. The van der Waals surface area contributed by atoms with Crippen molar-refractivity contribution in [2.24, 2.45) is 0 Å². The molecule has 0 amide bonds. The first-order valence-electron chi connectivity index (χ1n) is 5.58. The van der Waals surface area contributed by atoms with Crippen LogP contribution in [-0.2, 0) is 9.53 Å². The van der Waals surface area contributed by atoms with Gasteiger partial charge < -0.3 is 15.8 Å². The van der Waals surface area contributed by atoms with Gasteiger partial charge >= 0.3 is 11.7 Å². The fraction of sp³-hybridized carbons (Fsp3) is 0.500. The number of nitrogen functional groups attached to an aromatic ring is 1. The first-order valence-corrected chi connectivity index (χ1v) is 5.58. The van der Waals surface area contributed by atoms with Gasteiger partial charge in [-0.2, -0.15) is 4.98 Å². The van der Waals surface area contributed by atoms with E-state index in [1.165, 1.54) is 13.8 Å². The van der Waals surface area contributed by atoms with Gasteiger partial charge in [0.15, 0.2) is 0 Å². The summed E-state index contributed by atoms with van der Waals surface area (Å²) in [5.41, 5.74) is 5.24. The summed E-state index contributed by atoms with van der Waals surface area (Å²) < 4.78 is 4.79. The van der Waals surface area contributed by atoms with Crippen molar-refractivity contribution in [3.63, 3.8) is 0 Å². The minimum atomic E-state index is -0.785. The molecule has 1 heterocycles. The molecule has 1 rings (SSSR count). The van der Waals surface area contributed by atoms with Crippen LogP contribution in [-0.4, -0.2) is 33.5 Å². The molecule has 1 aromatic rings. The second-order valence-electron chi connectivity index (χ2n) is 3.74. The Morgan fingerprint density at radius 3 is 2.74 bits per heavy atom. The van der Waals surface area contributed by atoms with Gasteiger partial charge in [-0.15, -0.1) is 0 Å². The van der Waals surface area contributed by atoms with Gasteiger partial charge in [0.25, 0.3) is 0 Å². The number of nitrogens with one attached hydrogen (secondary N) is 1.